The van der Waals surface area contributed by atoms with Crippen molar-refractivity contribution in [1.29, 1.82) is 0 Å². The largest absolute Gasteiger partial charge is 0.398 e. The van der Waals surface area contributed by atoms with Crippen LogP contribution in [0.25, 0.3) is 68.8 Å². The molecule has 1 atom stereocenters. The Morgan fingerprint density at radius 1 is 0.691 bits per heavy atom. The second-order valence-corrected chi connectivity index (χ2v) is 26.9. The van der Waals surface area contributed by atoms with E-state index in [2.05, 4.69) is 50.3 Å². The van der Waals surface area contributed by atoms with Crippen molar-refractivity contribution in [3.05, 3.63) is 205 Å². The van der Waals surface area contributed by atoms with E-state index in [1.165, 1.54) is 79.2 Å². The molecule has 1 aliphatic heterocycles. The van der Waals surface area contributed by atoms with Crippen LogP contribution in [0.3, 0.4) is 0 Å². The molecule has 5 aromatic carbocycles. The zero-order valence-corrected chi connectivity index (χ0v) is 57.4. The minimum absolute atomic E-state index is 0.0289. The van der Waals surface area contributed by atoms with Crippen LogP contribution in [-0.4, -0.2) is 91.7 Å². The smallest absolute Gasteiger partial charge is 0.355 e. The second kappa shape index (κ2) is 30.1. The van der Waals surface area contributed by atoms with Gasteiger partial charge in [0.05, 0.1) is 111 Å². The van der Waals surface area contributed by atoms with Gasteiger partial charge in [0.1, 0.15) is 21.9 Å². The third kappa shape index (κ3) is 15.1. The van der Waals surface area contributed by atoms with Gasteiger partial charge in [0.2, 0.25) is 5.91 Å². The first kappa shape index (κ1) is 69.6. The summed E-state index contributed by atoms with van der Waals surface area (Å²) in [7, 11) is 0. The maximum absolute atomic E-state index is 15.0. The van der Waals surface area contributed by atoms with Gasteiger partial charge in [-0.3, -0.25) is 29.8 Å². The number of hydrogen-bond donors (Lipinski definition) is 2. The molecular formula is C64H57Cl4FN14O7S4. The number of rotatable bonds is 10. The molecule has 1 aliphatic rings. The van der Waals surface area contributed by atoms with Gasteiger partial charge in [-0.25, -0.2) is 43.7 Å². The number of anilines is 2. The van der Waals surface area contributed by atoms with Crippen molar-refractivity contribution in [3.8, 4) is 16.9 Å². The number of nitrogen functional groups attached to an aromatic ring is 1. The molecule has 1 fully saturated rings. The molecule has 21 nitrogen and oxygen atoms in total. The highest BCUT2D eigenvalue weighted by Crippen LogP contribution is 2.39. The van der Waals surface area contributed by atoms with E-state index >= 15 is 0 Å². The number of amides is 2. The summed E-state index contributed by atoms with van der Waals surface area (Å²) >= 11 is 29.6. The Bertz CT molecular complexity index is 4940. The van der Waals surface area contributed by atoms with Crippen molar-refractivity contribution in [1.82, 2.24) is 44.4 Å². The number of hydrogen-bond acceptors (Lipinski definition) is 20. The molecule has 94 heavy (non-hydrogen) atoms. The number of piperazine rings is 1. The van der Waals surface area contributed by atoms with Gasteiger partial charge in [-0.15, -0.1) is 45.3 Å². The zero-order chi connectivity index (χ0) is 68.0. The molecular weight excluding hydrogens is 1370 g/mol. The molecule has 0 saturated carbocycles. The van der Waals surface area contributed by atoms with Gasteiger partial charge in [0.25, 0.3) is 17.3 Å². The molecule has 30 heteroatoms. The number of aromatic nitrogens is 8. The van der Waals surface area contributed by atoms with E-state index in [9.17, 15) is 39.0 Å². The number of fused-ring (bicyclic) bond motifs is 5. The normalized spacial score (nSPS) is 12.9. The Kier molecular flexibility index (Phi) is 22.3. The molecule has 484 valence electrons. The molecule has 0 unspecified atom stereocenters. The number of nitrogens with zero attached hydrogens (tertiary/aromatic N) is 12. The summed E-state index contributed by atoms with van der Waals surface area (Å²) in [6.07, 6.45) is 1.30. The number of carbonyl (C=O) groups is 2. The van der Waals surface area contributed by atoms with Crippen molar-refractivity contribution < 1.29 is 23.8 Å². The molecule has 0 spiro atoms. The number of primary amides is 1. The van der Waals surface area contributed by atoms with Crippen molar-refractivity contribution in [3.63, 3.8) is 0 Å². The van der Waals surface area contributed by atoms with Crippen LogP contribution in [0.5, 0.6) is 0 Å². The van der Waals surface area contributed by atoms with Crippen LogP contribution in [-0.2, 0) is 4.79 Å². The lowest BCUT2D eigenvalue weighted by Gasteiger charge is -2.40. The summed E-state index contributed by atoms with van der Waals surface area (Å²) < 4.78 is 20.7. The van der Waals surface area contributed by atoms with E-state index in [-0.39, 0.29) is 77.3 Å². The second-order valence-electron chi connectivity index (χ2n) is 21.9. The first-order valence-corrected chi connectivity index (χ1v) is 33.7. The van der Waals surface area contributed by atoms with E-state index in [0.29, 0.717) is 53.6 Å². The van der Waals surface area contributed by atoms with Gasteiger partial charge in [0.15, 0.2) is 5.65 Å². The van der Waals surface area contributed by atoms with Gasteiger partial charge in [0, 0.05) is 66.3 Å². The molecule has 8 heterocycles. The molecule has 0 bridgehead atoms. The third-order valence-corrected chi connectivity index (χ3v) is 19.2. The monoisotopic (exact) mass is 1420 g/mol. The molecule has 13 rings (SSSR count). The summed E-state index contributed by atoms with van der Waals surface area (Å²) in [6, 6.07) is 24.9. The lowest BCUT2D eigenvalue weighted by atomic mass is 9.99. The highest BCUT2D eigenvalue weighted by atomic mass is 35.5. The van der Waals surface area contributed by atoms with Crippen LogP contribution in [0, 0.1) is 26.0 Å². The Hall–Kier alpha value is -8.73. The number of thiazole rings is 4. The fourth-order valence-electron chi connectivity index (χ4n) is 10.5. The average Bonchev–Trinajstić information content (AvgIpc) is 0.783. The fraction of sp³-hybridized carbons (Fsp3) is 0.219. The maximum atomic E-state index is 15.0. The molecule has 0 radical (unpaired) electrons. The number of carbonyl (C=O) groups excluding carboxylic acids is 2. The molecule has 1 saturated heterocycles. The van der Waals surface area contributed by atoms with Crippen LogP contribution in [0.1, 0.15) is 93.3 Å². The predicted octanol–water partition coefficient (Wildman–Crippen LogP) is 16.9. The predicted molar refractivity (Wildman–Crippen MR) is 379 cm³/mol. The van der Waals surface area contributed by atoms with Crippen LogP contribution in [0.15, 0.2) is 130 Å². The number of nitro groups is 2. The SMILES string of the molecule is C=CC(=O)N1CCN(c2nc(=O)n(-c3ccc4scnc4c3C(C)C)c3nc(-c4ccccc4F)c(Cl)cc23)[C@@H](C)C1.CC(C)c1c(N)ccc2scnc12.CC(C)c1c([N+](=O)[O-])ccc2scnc12.NC(=O)c1cc(Cl)c(Cl)nc1Cl.O=[N+]([O-])c1ccc2scnc2c1. The Morgan fingerprint density at radius 2 is 1.27 bits per heavy atom. The Labute approximate surface area is 572 Å². The minimum atomic E-state index is -0.689. The van der Waals surface area contributed by atoms with Crippen LogP contribution in [0.4, 0.5) is 27.3 Å². The maximum Gasteiger partial charge on any atom is 0.355 e. The van der Waals surface area contributed by atoms with Gasteiger partial charge in [-0.1, -0.05) is 107 Å². The average molecular weight is 1420 g/mol. The quantitative estimate of drug-likeness (QED) is 0.0423. The standard InChI is InChI=1S/C31H28ClFN6O2S.C10H10N2O2S.C10H12N2S.C7H4N2O2S.C6H3Cl3N2O/c1-5-25(40)37-12-13-38(18(4)15-37)29-20-14-21(32)27(19-8-6-7-9-22(19)33)35-30(20)39(31(41)36-29)23-10-11-24-28(34-16-42-24)26(23)17(2)3;1-6(2)9-7(12(13)14)3-4-8-10(9)11-5-15-8;1-6(2)9-7(11)3-4-8-10(9)12-5-13-8;10-9(11)5-1-2-7-6(3-5)8-4-12-7;7-3-1-2(6(10)12)4(8)11-5(3)9/h5-11,14,16-18H,1,12-13,15H2,2-4H3;3-6H,1-2H3;3-6H,11H2,1-2H3;1-4H;1H,(H2,10,12)/t18-;;;;/m0..../s1. The number of nitrogens with two attached hydrogens (primary N) is 2. The fourth-order valence-corrected chi connectivity index (χ4v) is 14.1. The molecule has 12 aromatic rings. The number of non-ortho nitro benzene ring substituents is 1. The van der Waals surface area contributed by atoms with E-state index < -0.39 is 22.3 Å². The van der Waals surface area contributed by atoms with Gasteiger partial charge >= 0.3 is 5.69 Å². The highest BCUT2D eigenvalue weighted by Gasteiger charge is 2.31. The van der Waals surface area contributed by atoms with Crippen LogP contribution >= 0.6 is 91.8 Å². The Morgan fingerprint density at radius 3 is 1.85 bits per heavy atom. The summed E-state index contributed by atoms with van der Waals surface area (Å²) in [4.78, 5) is 91.4. The zero-order valence-electron chi connectivity index (χ0n) is 51.1. The van der Waals surface area contributed by atoms with Crippen molar-refractivity contribution >= 4 is 178 Å². The Balaban J connectivity index is 0.000000162. The van der Waals surface area contributed by atoms with Gasteiger partial charge in [-0.2, -0.15) is 4.98 Å². The summed E-state index contributed by atoms with van der Waals surface area (Å²) in [5, 5.41) is 22.1. The lowest BCUT2D eigenvalue weighted by Crippen LogP contribution is -2.54. The van der Waals surface area contributed by atoms with Gasteiger partial charge < -0.3 is 21.3 Å². The van der Waals surface area contributed by atoms with E-state index in [4.69, 9.17) is 62.9 Å². The van der Waals surface area contributed by atoms with Crippen molar-refractivity contribution in [2.45, 2.75) is 72.3 Å². The van der Waals surface area contributed by atoms with Crippen LogP contribution < -0.4 is 22.1 Å². The van der Waals surface area contributed by atoms with Crippen molar-refractivity contribution in [2.75, 3.05) is 30.3 Å². The number of pyridine rings is 2. The van der Waals surface area contributed by atoms with Crippen LogP contribution in [0.2, 0.25) is 20.4 Å². The topological polar surface area (TPSA) is 291 Å². The number of benzene rings is 5. The third-order valence-electron chi connectivity index (χ3n) is 14.8. The first-order chi connectivity index (χ1) is 44.8. The van der Waals surface area contributed by atoms with E-state index in [1.54, 1.807) is 75.2 Å². The lowest BCUT2D eigenvalue weighted by molar-refractivity contribution is -0.385. The molecule has 7 aromatic heterocycles. The summed E-state index contributed by atoms with van der Waals surface area (Å²) in [5.74, 6) is -0.320. The molecule has 2 amide bonds. The molecule has 4 N–H and O–H groups in total. The van der Waals surface area contributed by atoms with E-state index in [0.717, 1.165) is 47.5 Å². The van der Waals surface area contributed by atoms with Gasteiger partial charge in [-0.05, 0) is 91.4 Å². The number of nitro benzene ring substituents is 2. The number of halogens is 5. The van der Waals surface area contributed by atoms with E-state index in [1.807, 2.05) is 69.3 Å². The summed E-state index contributed by atoms with van der Waals surface area (Å²) in [6.45, 7) is 19.2. The van der Waals surface area contributed by atoms with Crippen molar-refractivity contribution in [2.24, 2.45) is 5.73 Å². The highest BCUT2D eigenvalue weighted by molar-refractivity contribution is 7.17. The minimum Gasteiger partial charge on any atom is -0.398 e. The summed E-state index contributed by atoms with van der Waals surface area (Å²) in [5.41, 5.74) is 26.1. The first-order valence-electron chi connectivity index (χ1n) is 28.6. The molecule has 0 aliphatic carbocycles.